The molecule has 3 aromatic rings. The van der Waals surface area contributed by atoms with Gasteiger partial charge in [-0.15, -0.1) is 0 Å². The van der Waals surface area contributed by atoms with Crippen LogP contribution in [-0.4, -0.2) is 45.1 Å². The van der Waals surface area contributed by atoms with Crippen molar-refractivity contribution in [3.8, 4) is 0 Å². The standard InChI is InChI=1S/C19H24N4O3/c1-2-25-11-15-22-16-17(13-5-3-4-6-14(13)21-18(16)20)23(15)12-19(24)7-9-26-10-8-19/h3-6,24H,2,7-12H2,1H3,(H2,20,21). The molecule has 3 N–H and O–H groups in total. The molecule has 4 rings (SSSR count). The SMILES string of the molecule is CCOCc1nc2c(N)nc3ccccc3c2n1CC1(O)CCOCC1. The quantitative estimate of drug-likeness (QED) is 0.728. The average molecular weight is 356 g/mol. The van der Waals surface area contributed by atoms with Crippen LogP contribution in [0.2, 0.25) is 0 Å². The van der Waals surface area contributed by atoms with Gasteiger partial charge in [-0.1, -0.05) is 18.2 Å². The molecule has 0 aliphatic carbocycles. The number of fused-ring (bicyclic) bond motifs is 3. The maximum atomic E-state index is 11.1. The van der Waals surface area contributed by atoms with Crippen molar-refractivity contribution < 1.29 is 14.6 Å². The van der Waals surface area contributed by atoms with Crippen LogP contribution in [0.25, 0.3) is 21.9 Å². The number of aromatic nitrogens is 3. The number of rotatable bonds is 5. The van der Waals surface area contributed by atoms with E-state index in [1.807, 2.05) is 31.2 Å². The normalized spacial score (nSPS) is 17.2. The molecule has 0 spiro atoms. The van der Waals surface area contributed by atoms with E-state index in [1.54, 1.807) is 0 Å². The van der Waals surface area contributed by atoms with Crippen molar-refractivity contribution in [1.82, 2.24) is 14.5 Å². The lowest BCUT2D eigenvalue weighted by Gasteiger charge is -2.33. The van der Waals surface area contributed by atoms with Gasteiger partial charge in [0.2, 0.25) is 0 Å². The van der Waals surface area contributed by atoms with Crippen molar-refractivity contribution in [3.63, 3.8) is 0 Å². The van der Waals surface area contributed by atoms with Gasteiger partial charge >= 0.3 is 0 Å². The second-order valence-electron chi connectivity index (χ2n) is 6.80. The molecular formula is C19H24N4O3. The van der Waals surface area contributed by atoms with Crippen molar-refractivity contribution in [1.29, 1.82) is 0 Å². The predicted octanol–water partition coefficient (Wildman–Crippen LogP) is 2.24. The van der Waals surface area contributed by atoms with E-state index in [-0.39, 0.29) is 0 Å². The molecule has 1 aliphatic rings. The first-order valence-electron chi connectivity index (χ1n) is 9.02. The summed E-state index contributed by atoms with van der Waals surface area (Å²) in [5, 5.41) is 12.1. The molecule has 138 valence electrons. The van der Waals surface area contributed by atoms with E-state index >= 15 is 0 Å². The Balaban J connectivity index is 1.91. The Bertz CT molecular complexity index is 931. The van der Waals surface area contributed by atoms with Crippen LogP contribution in [0.3, 0.4) is 0 Å². The lowest BCUT2D eigenvalue weighted by Crippen LogP contribution is -2.40. The highest BCUT2D eigenvalue weighted by atomic mass is 16.5. The molecule has 1 saturated heterocycles. The second-order valence-corrected chi connectivity index (χ2v) is 6.80. The first-order valence-corrected chi connectivity index (χ1v) is 9.02. The van der Waals surface area contributed by atoms with Crippen LogP contribution in [0.5, 0.6) is 0 Å². The third-order valence-electron chi connectivity index (χ3n) is 5.00. The topological polar surface area (TPSA) is 95.4 Å². The van der Waals surface area contributed by atoms with E-state index in [9.17, 15) is 5.11 Å². The molecule has 2 aromatic heterocycles. The number of hydrogen-bond acceptors (Lipinski definition) is 6. The number of para-hydroxylation sites is 1. The van der Waals surface area contributed by atoms with Crippen molar-refractivity contribution in [2.75, 3.05) is 25.6 Å². The Morgan fingerprint density at radius 1 is 1.27 bits per heavy atom. The molecule has 7 heteroatoms. The smallest absolute Gasteiger partial charge is 0.152 e. The number of nitrogen functional groups attached to an aromatic ring is 1. The molecule has 0 amide bonds. The lowest BCUT2D eigenvalue weighted by molar-refractivity contribution is -0.0730. The average Bonchev–Trinajstić information content (AvgIpc) is 2.99. The van der Waals surface area contributed by atoms with Crippen molar-refractivity contribution >= 4 is 27.8 Å². The van der Waals surface area contributed by atoms with Crippen molar-refractivity contribution in [2.45, 2.75) is 38.5 Å². The highest BCUT2D eigenvalue weighted by Crippen LogP contribution is 2.32. The number of benzene rings is 1. The van der Waals surface area contributed by atoms with Gasteiger partial charge in [-0.05, 0) is 13.0 Å². The van der Waals surface area contributed by atoms with Crippen molar-refractivity contribution in [3.05, 3.63) is 30.1 Å². The molecule has 7 nitrogen and oxygen atoms in total. The molecule has 0 saturated carbocycles. The largest absolute Gasteiger partial charge is 0.388 e. The molecule has 1 aromatic carbocycles. The number of nitrogens with zero attached hydrogens (tertiary/aromatic N) is 3. The number of ether oxygens (including phenoxy) is 2. The molecule has 0 atom stereocenters. The highest BCUT2D eigenvalue weighted by molar-refractivity contribution is 6.06. The number of aliphatic hydroxyl groups is 1. The van der Waals surface area contributed by atoms with Gasteiger partial charge in [0.05, 0.1) is 23.2 Å². The molecule has 1 aliphatic heterocycles. The van der Waals surface area contributed by atoms with Gasteiger partial charge in [-0.2, -0.15) is 0 Å². The fourth-order valence-electron chi connectivity index (χ4n) is 3.58. The van der Waals surface area contributed by atoms with E-state index in [1.165, 1.54) is 0 Å². The molecule has 0 unspecified atom stereocenters. The van der Waals surface area contributed by atoms with Gasteiger partial charge in [0, 0.05) is 38.0 Å². The zero-order valence-corrected chi connectivity index (χ0v) is 14.9. The summed E-state index contributed by atoms with van der Waals surface area (Å²) < 4.78 is 13.1. The van der Waals surface area contributed by atoms with E-state index < -0.39 is 5.60 Å². The van der Waals surface area contributed by atoms with Gasteiger partial charge in [0.1, 0.15) is 17.9 Å². The van der Waals surface area contributed by atoms with Gasteiger partial charge in [0.15, 0.2) is 5.82 Å². The third kappa shape index (κ3) is 3.02. The van der Waals surface area contributed by atoms with E-state index in [4.69, 9.17) is 20.2 Å². The van der Waals surface area contributed by atoms with E-state index in [0.29, 0.717) is 57.1 Å². The van der Waals surface area contributed by atoms with Gasteiger partial charge in [-0.25, -0.2) is 9.97 Å². The van der Waals surface area contributed by atoms with Crippen molar-refractivity contribution in [2.24, 2.45) is 0 Å². The summed E-state index contributed by atoms with van der Waals surface area (Å²) in [5.74, 6) is 1.15. The minimum atomic E-state index is -0.827. The van der Waals surface area contributed by atoms with Gasteiger partial charge < -0.3 is 24.9 Å². The molecule has 1 fully saturated rings. The number of pyridine rings is 1. The Morgan fingerprint density at radius 2 is 2.04 bits per heavy atom. The van der Waals surface area contributed by atoms with Crippen LogP contribution in [-0.2, 0) is 22.6 Å². The van der Waals surface area contributed by atoms with Crippen LogP contribution in [0, 0.1) is 0 Å². The Kier molecular flexibility index (Phi) is 4.52. The Morgan fingerprint density at radius 3 is 2.81 bits per heavy atom. The summed E-state index contributed by atoms with van der Waals surface area (Å²) >= 11 is 0. The summed E-state index contributed by atoms with van der Waals surface area (Å²) in [5.41, 5.74) is 7.75. The molecule has 0 radical (unpaired) electrons. The fourth-order valence-corrected chi connectivity index (χ4v) is 3.58. The minimum Gasteiger partial charge on any atom is -0.388 e. The van der Waals surface area contributed by atoms with E-state index in [2.05, 4.69) is 9.55 Å². The number of nitrogens with two attached hydrogens (primary N) is 1. The summed E-state index contributed by atoms with van der Waals surface area (Å²) in [7, 11) is 0. The van der Waals surface area contributed by atoms with E-state index in [0.717, 1.165) is 22.2 Å². The molecule has 0 bridgehead atoms. The maximum Gasteiger partial charge on any atom is 0.152 e. The van der Waals surface area contributed by atoms with Gasteiger partial charge in [0.25, 0.3) is 0 Å². The summed E-state index contributed by atoms with van der Waals surface area (Å²) in [6.45, 7) is 4.47. The second kappa shape index (κ2) is 6.83. The lowest BCUT2D eigenvalue weighted by atomic mass is 9.94. The zero-order chi connectivity index (χ0) is 18.1. The number of imidazole rings is 1. The zero-order valence-electron chi connectivity index (χ0n) is 14.9. The van der Waals surface area contributed by atoms with Gasteiger partial charge in [-0.3, -0.25) is 0 Å². The predicted molar refractivity (Wildman–Crippen MR) is 99.8 cm³/mol. The first-order chi connectivity index (χ1) is 12.6. The van der Waals surface area contributed by atoms with Crippen LogP contribution in [0.4, 0.5) is 5.82 Å². The van der Waals surface area contributed by atoms with Crippen LogP contribution in [0.15, 0.2) is 24.3 Å². The van der Waals surface area contributed by atoms with Crippen LogP contribution < -0.4 is 5.73 Å². The summed E-state index contributed by atoms with van der Waals surface area (Å²) in [6.07, 6.45) is 1.19. The number of anilines is 1. The monoisotopic (exact) mass is 356 g/mol. The minimum absolute atomic E-state index is 0.367. The molecule has 3 heterocycles. The maximum absolute atomic E-state index is 11.1. The highest BCUT2D eigenvalue weighted by Gasteiger charge is 2.32. The summed E-state index contributed by atoms with van der Waals surface area (Å²) in [4.78, 5) is 9.19. The van der Waals surface area contributed by atoms with Crippen LogP contribution >= 0.6 is 0 Å². The van der Waals surface area contributed by atoms with Crippen LogP contribution in [0.1, 0.15) is 25.6 Å². The number of hydrogen-bond donors (Lipinski definition) is 2. The molecule has 26 heavy (non-hydrogen) atoms. The molecular weight excluding hydrogens is 332 g/mol. The Hall–Kier alpha value is -2.22. The third-order valence-corrected chi connectivity index (χ3v) is 5.00. The summed E-state index contributed by atoms with van der Waals surface area (Å²) in [6, 6.07) is 7.87. The fraction of sp³-hybridized carbons (Fsp3) is 0.474. The first kappa shape index (κ1) is 17.2. The Labute approximate surface area is 151 Å².